The highest BCUT2D eigenvalue weighted by atomic mass is 19.1. The van der Waals surface area contributed by atoms with E-state index in [2.05, 4.69) is 15.4 Å². The number of carbonyl (C=O) groups excluding carboxylic acids is 3. The van der Waals surface area contributed by atoms with Crippen LogP contribution in [-0.4, -0.2) is 24.9 Å². The quantitative estimate of drug-likeness (QED) is 0.605. The molecule has 1 aliphatic carbocycles. The van der Waals surface area contributed by atoms with Gasteiger partial charge in [-0.2, -0.15) is 0 Å². The Morgan fingerprint density at radius 3 is 2.41 bits per heavy atom. The van der Waals surface area contributed by atoms with Crippen molar-refractivity contribution < 1.29 is 23.5 Å². The molecule has 140 valence electrons. The van der Waals surface area contributed by atoms with Gasteiger partial charge in [0.1, 0.15) is 11.2 Å². The molecule has 2 aromatic rings. The molecule has 0 bridgehead atoms. The van der Waals surface area contributed by atoms with Crippen molar-refractivity contribution in [2.45, 2.75) is 19.4 Å². The van der Waals surface area contributed by atoms with Gasteiger partial charge >= 0.3 is 5.97 Å². The zero-order valence-corrected chi connectivity index (χ0v) is 14.8. The number of amides is 2. The maximum absolute atomic E-state index is 12.9. The molecule has 2 N–H and O–H groups in total. The molecule has 0 spiro atoms. The van der Waals surface area contributed by atoms with Crippen LogP contribution in [-0.2, 0) is 20.9 Å². The molecule has 0 unspecified atom stereocenters. The minimum absolute atomic E-state index is 0.214. The molecule has 0 radical (unpaired) electrons. The van der Waals surface area contributed by atoms with E-state index in [1.807, 2.05) is 0 Å². The van der Waals surface area contributed by atoms with E-state index in [9.17, 15) is 18.8 Å². The summed E-state index contributed by atoms with van der Waals surface area (Å²) in [6.45, 7) is 0.214. The van der Waals surface area contributed by atoms with Crippen molar-refractivity contribution in [3.8, 4) is 0 Å². The van der Waals surface area contributed by atoms with E-state index in [0.717, 1.165) is 5.56 Å². The molecule has 27 heavy (non-hydrogen) atoms. The third kappa shape index (κ3) is 4.13. The van der Waals surface area contributed by atoms with Gasteiger partial charge in [-0.3, -0.25) is 9.59 Å². The average molecular weight is 370 g/mol. The lowest BCUT2D eigenvalue weighted by molar-refractivity contribution is -0.134. The predicted octanol–water partition coefficient (Wildman–Crippen LogP) is 2.65. The van der Waals surface area contributed by atoms with E-state index in [0.29, 0.717) is 24.1 Å². The zero-order valence-electron chi connectivity index (χ0n) is 14.8. The minimum Gasteiger partial charge on any atom is -0.465 e. The number of rotatable bonds is 6. The van der Waals surface area contributed by atoms with Gasteiger partial charge < -0.3 is 15.4 Å². The molecule has 0 saturated heterocycles. The van der Waals surface area contributed by atoms with E-state index in [1.165, 1.54) is 25.3 Å². The van der Waals surface area contributed by atoms with Crippen LogP contribution < -0.4 is 10.6 Å². The van der Waals surface area contributed by atoms with E-state index in [-0.39, 0.29) is 18.3 Å². The van der Waals surface area contributed by atoms with Crippen molar-refractivity contribution in [3.63, 3.8) is 0 Å². The number of hydrogen-bond donors (Lipinski definition) is 2. The summed E-state index contributed by atoms with van der Waals surface area (Å²) in [5.74, 6) is -1.64. The second-order valence-electron chi connectivity index (χ2n) is 6.42. The number of anilines is 1. The maximum atomic E-state index is 12.9. The Labute approximate surface area is 155 Å². The fourth-order valence-corrected chi connectivity index (χ4v) is 2.73. The first-order chi connectivity index (χ1) is 12.9. The molecule has 1 aliphatic rings. The van der Waals surface area contributed by atoms with Gasteiger partial charge in [-0.05, 0) is 48.7 Å². The monoisotopic (exact) mass is 370 g/mol. The molecule has 0 atom stereocenters. The molecule has 0 heterocycles. The molecule has 0 aromatic heterocycles. The van der Waals surface area contributed by atoms with Crippen LogP contribution in [0, 0.1) is 11.2 Å². The molecule has 0 aliphatic heterocycles. The lowest BCUT2D eigenvalue weighted by Crippen LogP contribution is -2.39. The molecular weight excluding hydrogens is 351 g/mol. The van der Waals surface area contributed by atoms with Crippen molar-refractivity contribution in [1.29, 1.82) is 0 Å². The average Bonchev–Trinajstić information content (AvgIpc) is 3.49. The van der Waals surface area contributed by atoms with Crippen LogP contribution in [0.2, 0.25) is 0 Å². The van der Waals surface area contributed by atoms with Gasteiger partial charge in [-0.15, -0.1) is 0 Å². The zero-order chi connectivity index (χ0) is 19.4. The highest BCUT2D eigenvalue weighted by molar-refractivity contribution is 6.13. The van der Waals surface area contributed by atoms with Crippen molar-refractivity contribution in [1.82, 2.24) is 5.32 Å². The standard InChI is InChI=1S/C20H19FN2O4/c1-27-17(24)14-3-2-4-16(11-14)23-19(26)20(9-10-20)18(25)22-12-13-5-7-15(21)8-6-13/h2-8,11H,9-10,12H2,1H3,(H,22,25)(H,23,26). The summed E-state index contributed by atoms with van der Waals surface area (Å²) in [7, 11) is 1.28. The van der Waals surface area contributed by atoms with Gasteiger partial charge in [0.2, 0.25) is 11.8 Å². The number of esters is 1. The first kappa shape index (κ1) is 18.6. The van der Waals surface area contributed by atoms with E-state index >= 15 is 0 Å². The summed E-state index contributed by atoms with van der Waals surface area (Å²) < 4.78 is 17.6. The van der Waals surface area contributed by atoms with Gasteiger partial charge in [0.25, 0.3) is 0 Å². The van der Waals surface area contributed by atoms with Gasteiger partial charge in [-0.25, -0.2) is 9.18 Å². The van der Waals surface area contributed by atoms with Crippen LogP contribution in [0.15, 0.2) is 48.5 Å². The first-order valence-corrected chi connectivity index (χ1v) is 8.47. The first-order valence-electron chi connectivity index (χ1n) is 8.47. The van der Waals surface area contributed by atoms with Crippen LogP contribution in [0.5, 0.6) is 0 Å². The van der Waals surface area contributed by atoms with Crippen molar-refractivity contribution in [3.05, 3.63) is 65.5 Å². The van der Waals surface area contributed by atoms with Crippen molar-refractivity contribution >= 4 is 23.5 Å². The SMILES string of the molecule is COC(=O)c1cccc(NC(=O)C2(C(=O)NCc3ccc(F)cc3)CC2)c1. The summed E-state index contributed by atoms with van der Waals surface area (Å²) >= 11 is 0. The van der Waals surface area contributed by atoms with Crippen LogP contribution in [0.3, 0.4) is 0 Å². The van der Waals surface area contributed by atoms with Crippen LogP contribution >= 0.6 is 0 Å². The number of carbonyl (C=O) groups is 3. The minimum atomic E-state index is -1.11. The number of methoxy groups -OCH3 is 1. The molecule has 1 fully saturated rings. The molecule has 2 aromatic carbocycles. The van der Waals surface area contributed by atoms with Crippen LogP contribution in [0.1, 0.15) is 28.8 Å². The number of halogens is 1. The largest absolute Gasteiger partial charge is 0.465 e. The molecular formula is C20H19FN2O4. The third-order valence-electron chi connectivity index (χ3n) is 4.53. The Hall–Kier alpha value is -3.22. The fourth-order valence-electron chi connectivity index (χ4n) is 2.73. The van der Waals surface area contributed by atoms with Gasteiger partial charge in [0.05, 0.1) is 12.7 Å². The molecule has 3 rings (SSSR count). The van der Waals surface area contributed by atoms with Crippen molar-refractivity contribution in [2.75, 3.05) is 12.4 Å². The third-order valence-corrected chi connectivity index (χ3v) is 4.53. The van der Waals surface area contributed by atoms with Crippen molar-refractivity contribution in [2.24, 2.45) is 5.41 Å². The predicted molar refractivity (Wildman–Crippen MR) is 96.3 cm³/mol. The van der Waals surface area contributed by atoms with Crippen LogP contribution in [0.25, 0.3) is 0 Å². The summed E-state index contributed by atoms with van der Waals surface area (Å²) in [6, 6.07) is 12.1. The van der Waals surface area contributed by atoms with E-state index < -0.39 is 17.3 Å². The topological polar surface area (TPSA) is 84.5 Å². The fraction of sp³-hybridized carbons (Fsp3) is 0.250. The van der Waals surface area contributed by atoms with E-state index in [4.69, 9.17) is 0 Å². The summed E-state index contributed by atoms with van der Waals surface area (Å²) in [5, 5.41) is 5.42. The second-order valence-corrected chi connectivity index (χ2v) is 6.42. The van der Waals surface area contributed by atoms with Crippen LogP contribution in [0.4, 0.5) is 10.1 Å². The summed E-state index contributed by atoms with van der Waals surface area (Å²) in [6.07, 6.45) is 0.898. The highest BCUT2D eigenvalue weighted by Gasteiger charge is 2.56. The Kier molecular flexibility index (Phi) is 5.21. The Morgan fingerprint density at radius 1 is 1.07 bits per heavy atom. The Bertz CT molecular complexity index is 876. The normalized spacial score (nSPS) is 14.1. The highest BCUT2D eigenvalue weighted by Crippen LogP contribution is 2.46. The lowest BCUT2D eigenvalue weighted by Gasteiger charge is -2.16. The van der Waals surface area contributed by atoms with Gasteiger partial charge in [0.15, 0.2) is 0 Å². The number of benzene rings is 2. The maximum Gasteiger partial charge on any atom is 0.337 e. The van der Waals surface area contributed by atoms with Gasteiger partial charge in [-0.1, -0.05) is 18.2 Å². The second kappa shape index (κ2) is 7.57. The lowest BCUT2D eigenvalue weighted by atomic mass is 10.0. The summed E-state index contributed by atoms with van der Waals surface area (Å²) in [4.78, 5) is 36.7. The number of ether oxygens (including phenoxy) is 1. The molecule has 7 heteroatoms. The molecule has 6 nitrogen and oxygen atoms in total. The molecule has 2 amide bonds. The smallest absolute Gasteiger partial charge is 0.337 e. The number of nitrogens with one attached hydrogen (secondary N) is 2. The summed E-state index contributed by atoms with van der Waals surface area (Å²) in [5.41, 5.74) is 0.356. The number of hydrogen-bond acceptors (Lipinski definition) is 4. The van der Waals surface area contributed by atoms with E-state index in [1.54, 1.807) is 30.3 Å². The Balaban J connectivity index is 1.63. The Morgan fingerprint density at radius 2 is 1.78 bits per heavy atom. The van der Waals surface area contributed by atoms with Gasteiger partial charge in [0, 0.05) is 12.2 Å². The molecule has 1 saturated carbocycles.